The molecule has 2 aliphatic carbocycles. The summed E-state index contributed by atoms with van der Waals surface area (Å²) < 4.78 is 39.8. The number of aromatic amines is 4. The third-order valence-corrected chi connectivity index (χ3v) is 21.2. The van der Waals surface area contributed by atoms with Crippen LogP contribution >= 0.6 is 0 Å². The third-order valence-electron chi connectivity index (χ3n) is 21.2. The highest BCUT2D eigenvalue weighted by molar-refractivity contribution is 6.09. The molecular formula is C80H93N17O10. The molecule has 27 heteroatoms. The highest BCUT2D eigenvalue weighted by atomic mass is 16.5. The average Bonchev–Trinajstić information content (AvgIpc) is 1.66. The molecule has 4 aliphatic rings. The van der Waals surface area contributed by atoms with Gasteiger partial charge in [-0.1, -0.05) is 40.0 Å². The van der Waals surface area contributed by atoms with Crippen molar-refractivity contribution >= 4 is 68.0 Å². The molecule has 16 rings (SSSR count). The van der Waals surface area contributed by atoms with Crippen molar-refractivity contribution in [2.45, 2.75) is 150 Å². The number of ether oxygens (including phenoxy) is 6. The van der Waals surface area contributed by atoms with Crippen molar-refractivity contribution in [2.24, 2.45) is 23.7 Å². The van der Waals surface area contributed by atoms with Gasteiger partial charge in [0.25, 0.3) is 0 Å². The molecule has 2 saturated carbocycles. The topological polar surface area (TPSA) is 333 Å². The summed E-state index contributed by atoms with van der Waals surface area (Å²) in [6.45, 7) is 18.2. The Morgan fingerprint density at radius 1 is 0.421 bits per heavy atom. The van der Waals surface area contributed by atoms with Crippen LogP contribution < -0.4 is 0 Å². The summed E-state index contributed by atoms with van der Waals surface area (Å²) >= 11 is 0. The number of H-pyrrole nitrogens is 4. The zero-order valence-corrected chi connectivity index (χ0v) is 61.7. The lowest BCUT2D eigenvalue weighted by molar-refractivity contribution is -0.0598. The normalized spacial score (nSPS) is 16.3. The maximum atomic E-state index is 12.5. The average molecular weight is 1450 g/mol. The predicted molar refractivity (Wildman–Crippen MR) is 403 cm³/mol. The fraction of sp³-hybridized carbons (Fsp3) is 0.438. The Hall–Kier alpha value is -11.1. The number of nitrogens with one attached hydrogen (secondary N) is 4. The standard InChI is InChI=1S/C21H23N5O2.C20H24N4O3.C20H24N4O2.C19H22N4O3/c1-2-28-21(27)17-12-24-20-16(8-10-23-20)19(17)15-11-25-26(13-15)18(7-9-22)14-5-3-4-6-14;1-3-17(13-6-8-26-12-13)24-11-14(9-23-24)18-15-5-7-21-19(15)22-10-16(18)20(25)27-4-2;1-3-17(13-6-5-7-13)24-12-14(10-23-24)18-15-8-9-21-19(15)22-11-16(18)20(25)26-4-2;1-3-16(13-10-25-11-13)23-9-12(7-22-23)17-14-5-6-20-18(14)21-8-15(17)19(24)26-4-2/h8,10-14,18H,2-7H2,1H3,(H,23,24);5,7,9-11,13,17H,3-4,6,8,12H2,1-2H3,(H,21,22);8-13,17H,3-7H2,1-2H3,(H,21,22);5-9,13,16H,3-4,10-11H2,1-2H3,(H,20,21)/t18-;;;/m1.../s1. The first-order valence-corrected chi connectivity index (χ1v) is 37.6. The number of pyridine rings is 4. The first kappa shape index (κ1) is 74.2. The van der Waals surface area contributed by atoms with E-state index >= 15 is 0 Å². The van der Waals surface area contributed by atoms with Gasteiger partial charge < -0.3 is 48.4 Å². The van der Waals surface area contributed by atoms with E-state index in [9.17, 15) is 24.4 Å². The minimum Gasteiger partial charge on any atom is -0.462 e. The van der Waals surface area contributed by atoms with E-state index < -0.39 is 5.97 Å². The number of rotatable bonds is 24. The molecule has 0 spiro atoms. The van der Waals surface area contributed by atoms with Gasteiger partial charge in [0.2, 0.25) is 0 Å². The van der Waals surface area contributed by atoms with Crippen LogP contribution in [0.25, 0.3) is 88.6 Å². The summed E-state index contributed by atoms with van der Waals surface area (Å²) in [5.74, 6) is 0.655. The molecule has 0 amide bonds. The van der Waals surface area contributed by atoms with Gasteiger partial charge in [0, 0.05) is 159 Å². The SMILES string of the molecule is CCOC(=O)c1cnc2[nH]ccc2c1-c1cnn(C(CC)C2CCC2)c1.CCOC(=O)c1cnc2[nH]ccc2c1-c1cnn(C(CC)C2CCOC2)c1.CCOC(=O)c1cnc2[nH]ccc2c1-c1cnn(C(CC)C2COC2)c1.CCOC(=O)c1cnc2[nH]ccc2c1-c1cnn([C@H](CC#N)C2CCCC2)c1. The number of carbonyl (C=O) groups is 4. The molecule has 558 valence electrons. The fourth-order valence-corrected chi connectivity index (χ4v) is 15.6. The van der Waals surface area contributed by atoms with Crippen molar-refractivity contribution in [3.05, 3.63) is 146 Å². The van der Waals surface area contributed by atoms with E-state index in [1.165, 1.54) is 32.1 Å². The summed E-state index contributed by atoms with van der Waals surface area (Å²) in [5, 5.41) is 31.3. The Labute approximate surface area is 619 Å². The quantitative estimate of drug-likeness (QED) is 0.0322. The Bertz CT molecular complexity index is 4910. The molecule has 12 aromatic heterocycles. The second-order valence-corrected chi connectivity index (χ2v) is 27.4. The minimum absolute atomic E-state index is 0.0656. The predicted octanol–water partition coefficient (Wildman–Crippen LogP) is 15.4. The van der Waals surface area contributed by atoms with Gasteiger partial charge in [0.1, 0.15) is 22.6 Å². The van der Waals surface area contributed by atoms with E-state index in [2.05, 4.69) is 98.0 Å². The van der Waals surface area contributed by atoms with Crippen LogP contribution in [0.15, 0.2) is 123 Å². The van der Waals surface area contributed by atoms with Crippen molar-refractivity contribution in [2.75, 3.05) is 52.9 Å². The second-order valence-electron chi connectivity index (χ2n) is 27.4. The zero-order valence-electron chi connectivity index (χ0n) is 61.7. The molecule has 0 aromatic carbocycles. The van der Waals surface area contributed by atoms with E-state index in [1.54, 1.807) is 58.0 Å². The Morgan fingerprint density at radius 3 is 1.01 bits per heavy atom. The number of hydrogen-bond donors (Lipinski definition) is 4. The molecule has 14 heterocycles. The third kappa shape index (κ3) is 15.8. The van der Waals surface area contributed by atoms with Crippen LogP contribution in [0.4, 0.5) is 0 Å². The van der Waals surface area contributed by atoms with Gasteiger partial charge in [-0.25, -0.2) is 39.1 Å². The van der Waals surface area contributed by atoms with Gasteiger partial charge in [-0.15, -0.1) is 0 Å². The number of esters is 4. The molecule has 27 nitrogen and oxygen atoms in total. The van der Waals surface area contributed by atoms with E-state index in [1.807, 2.05) is 101 Å². The van der Waals surface area contributed by atoms with Crippen LogP contribution in [0.2, 0.25) is 0 Å². The van der Waals surface area contributed by atoms with Gasteiger partial charge in [-0.3, -0.25) is 18.7 Å². The summed E-state index contributed by atoms with van der Waals surface area (Å²) in [4.78, 5) is 79.7. The molecule has 4 unspecified atom stereocenters. The van der Waals surface area contributed by atoms with E-state index in [4.69, 9.17) is 28.4 Å². The first-order valence-electron chi connectivity index (χ1n) is 37.6. The van der Waals surface area contributed by atoms with Gasteiger partial charge in [-0.05, 0) is 115 Å². The zero-order chi connectivity index (χ0) is 74.5. The summed E-state index contributed by atoms with van der Waals surface area (Å²) in [5.41, 5.74) is 11.5. The van der Waals surface area contributed by atoms with Crippen LogP contribution in [0.1, 0.15) is 191 Å². The lowest BCUT2D eigenvalue weighted by Gasteiger charge is -2.33. The van der Waals surface area contributed by atoms with Crippen LogP contribution in [0, 0.1) is 35.0 Å². The molecule has 2 saturated heterocycles. The van der Waals surface area contributed by atoms with E-state index in [-0.39, 0.29) is 30.0 Å². The van der Waals surface area contributed by atoms with Gasteiger partial charge >= 0.3 is 23.9 Å². The molecule has 4 N–H and O–H groups in total. The van der Waals surface area contributed by atoms with Crippen molar-refractivity contribution < 1.29 is 47.6 Å². The number of fused-ring (bicyclic) bond motifs is 4. The maximum Gasteiger partial charge on any atom is 0.340 e. The van der Waals surface area contributed by atoms with Crippen LogP contribution in [0.3, 0.4) is 0 Å². The largest absolute Gasteiger partial charge is 0.462 e. The number of carbonyl (C=O) groups excluding carboxylic acids is 4. The minimum atomic E-state index is -0.398. The van der Waals surface area contributed by atoms with Gasteiger partial charge in [0.15, 0.2) is 0 Å². The number of nitriles is 1. The smallest absolute Gasteiger partial charge is 0.340 e. The molecule has 12 aromatic rings. The molecule has 2 aliphatic heterocycles. The molecule has 5 atom stereocenters. The molecule has 0 radical (unpaired) electrons. The number of aromatic nitrogens is 16. The lowest BCUT2D eigenvalue weighted by atomic mass is 9.79. The van der Waals surface area contributed by atoms with Crippen molar-refractivity contribution in [1.29, 1.82) is 5.26 Å². The van der Waals surface area contributed by atoms with Crippen LogP contribution in [-0.2, 0) is 28.4 Å². The van der Waals surface area contributed by atoms with Crippen molar-refractivity contribution in [1.82, 2.24) is 79.0 Å². The van der Waals surface area contributed by atoms with Crippen LogP contribution in [0.5, 0.6) is 0 Å². The molecule has 107 heavy (non-hydrogen) atoms. The first-order chi connectivity index (χ1) is 52.4. The highest BCUT2D eigenvalue weighted by Crippen LogP contribution is 2.42. The monoisotopic (exact) mass is 1450 g/mol. The summed E-state index contributed by atoms with van der Waals surface area (Å²) in [7, 11) is 0. The Morgan fingerprint density at radius 2 is 0.729 bits per heavy atom. The van der Waals surface area contributed by atoms with Crippen molar-refractivity contribution in [3.63, 3.8) is 0 Å². The van der Waals surface area contributed by atoms with E-state index in [0.29, 0.717) is 96.5 Å². The van der Waals surface area contributed by atoms with E-state index in [0.717, 1.165) is 148 Å². The van der Waals surface area contributed by atoms with Gasteiger partial charge in [-0.2, -0.15) is 25.7 Å². The van der Waals surface area contributed by atoms with Crippen LogP contribution in [-0.4, -0.2) is 156 Å². The number of nitrogens with zero attached hydrogens (tertiary/aromatic N) is 13. The summed E-state index contributed by atoms with van der Waals surface area (Å²) in [6, 6.07) is 11.1. The molecular weight excluding hydrogens is 1360 g/mol. The Kier molecular flexibility index (Phi) is 23.9. The fourth-order valence-electron chi connectivity index (χ4n) is 15.6. The number of hydrogen-bond acceptors (Lipinski definition) is 19. The Balaban J connectivity index is 0.000000126. The lowest BCUT2D eigenvalue weighted by Crippen LogP contribution is -2.35. The summed E-state index contributed by atoms with van der Waals surface area (Å²) in [6.07, 6.45) is 41.9. The highest BCUT2D eigenvalue weighted by Gasteiger charge is 2.34. The molecule has 4 fully saturated rings. The second kappa shape index (κ2) is 34.4. The van der Waals surface area contributed by atoms with Gasteiger partial charge in [0.05, 0.1) is 130 Å². The maximum absolute atomic E-state index is 12.5. The molecule has 0 bridgehead atoms. The van der Waals surface area contributed by atoms with Crippen molar-refractivity contribution in [3.8, 4) is 50.6 Å².